The van der Waals surface area contributed by atoms with E-state index in [0.29, 0.717) is 37.4 Å². The molecular formula is C22H27N3O4. The molecule has 0 bridgehead atoms. The highest BCUT2D eigenvalue weighted by atomic mass is 16.5. The van der Waals surface area contributed by atoms with Gasteiger partial charge in [0.15, 0.2) is 0 Å². The fourth-order valence-electron chi connectivity index (χ4n) is 4.46. The first-order valence-electron chi connectivity index (χ1n) is 10.3. The number of ether oxygens (including phenoxy) is 1. The normalized spacial score (nSPS) is 24.0. The highest BCUT2D eigenvalue weighted by Crippen LogP contribution is 2.34. The van der Waals surface area contributed by atoms with Crippen LogP contribution < -0.4 is 10.2 Å². The molecule has 3 heterocycles. The van der Waals surface area contributed by atoms with Gasteiger partial charge in [-0.25, -0.2) is 0 Å². The Labute approximate surface area is 170 Å². The Hall–Kier alpha value is -2.67. The molecule has 154 valence electrons. The number of nitrogens with zero attached hydrogens (tertiary/aromatic N) is 2. The van der Waals surface area contributed by atoms with Crippen LogP contribution in [0.4, 0.5) is 5.69 Å². The Balaban J connectivity index is 1.55. The van der Waals surface area contributed by atoms with Crippen LogP contribution in [-0.4, -0.2) is 61.5 Å². The summed E-state index contributed by atoms with van der Waals surface area (Å²) in [5.74, 6) is -0.645. The first-order chi connectivity index (χ1) is 14.1. The summed E-state index contributed by atoms with van der Waals surface area (Å²) in [4.78, 5) is 41.8. The van der Waals surface area contributed by atoms with Gasteiger partial charge < -0.3 is 15.0 Å². The van der Waals surface area contributed by atoms with Crippen molar-refractivity contribution in [3.63, 3.8) is 0 Å². The van der Waals surface area contributed by atoms with Crippen molar-refractivity contribution in [2.75, 3.05) is 37.7 Å². The van der Waals surface area contributed by atoms with Crippen LogP contribution in [0.2, 0.25) is 0 Å². The van der Waals surface area contributed by atoms with E-state index in [1.807, 2.05) is 12.1 Å². The van der Waals surface area contributed by atoms with Crippen LogP contribution >= 0.6 is 0 Å². The van der Waals surface area contributed by atoms with E-state index in [0.717, 1.165) is 37.9 Å². The minimum Gasteiger partial charge on any atom is -0.376 e. The number of carbonyl (C=O) groups is 3. The van der Waals surface area contributed by atoms with E-state index in [-0.39, 0.29) is 29.7 Å². The van der Waals surface area contributed by atoms with E-state index < -0.39 is 0 Å². The van der Waals surface area contributed by atoms with Gasteiger partial charge in [0.05, 0.1) is 35.4 Å². The quantitative estimate of drug-likeness (QED) is 0.587. The van der Waals surface area contributed by atoms with Crippen molar-refractivity contribution >= 4 is 23.4 Å². The second-order valence-electron chi connectivity index (χ2n) is 7.87. The summed E-state index contributed by atoms with van der Waals surface area (Å²) in [6.45, 7) is 6.36. The summed E-state index contributed by atoms with van der Waals surface area (Å²) in [6, 6.07) is 5.41. The number of hydrogen-bond donors (Lipinski definition) is 1. The lowest BCUT2D eigenvalue weighted by Gasteiger charge is -2.34. The fraction of sp³-hybridized carbons (Fsp3) is 0.500. The van der Waals surface area contributed by atoms with E-state index in [1.54, 1.807) is 12.1 Å². The summed E-state index contributed by atoms with van der Waals surface area (Å²) in [6.07, 6.45) is 5.09. The van der Waals surface area contributed by atoms with Crippen molar-refractivity contribution < 1.29 is 19.1 Å². The third-order valence-electron chi connectivity index (χ3n) is 5.94. The van der Waals surface area contributed by atoms with Crippen molar-refractivity contribution in [1.82, 2.24) is 10.2 Å². The fourth-order valence-corrected chi connectivity index (χ4v) is 4.46. The number of fused-ring (bicyclic) bond motifs is 1. The molecule has 4 rings (SSSR count). The molecule has 1 aromatic rings. The van der Waals surface area contributed by atoms with E-state index >= 15 is 0 Å². The number of nitrogens with one attached hydrogen (secondary N) is 1. The number of benzene rings is 1. The molecule has 2 atom stereocenters. The summed E-state index contributed by atoms with van der Waals surface area (Å²) in [5, 5.41) is 2.86. The van der Waals surface area contributed by atoms with Crippen LogP contribution in [0.5, 0.6) is 0 Å². The van der Waals surface area contributed by atoms with Gasteiger partial charge in [-0.3, -0.25) is 19.3 Å². The van der Waals surface area contributed by atoms with Gasteiger partial charge in [0.1, 0.15) is 0 Å². The lowest BCUT2D eigenvalue weighted by molar-refractivity contribution is -0.125. The lowest BCUT2D eigenvalue weighted by atomic mass is 9.95. The molecule has 3 aliphatic rings. The number of imide groups is 1. The van der Waals surface area contributed by atoms with Crippen molar-refractivity contribution in [2.24, 2.45) is 5.92 Å². The Kier molecular flexibility index (Phi) is 5.67. The maximum atomic E-state index is 13.1. The second-order valence-corrected chi connectivity index (χ2v) is 7.87. The van der Waals surface area contributed by atoms with E-state index in [1.165, 1.54) is 4.90 Å². The molecule has 2 fully saturated rings. The Bertz CT molecular complexity index is 831. The zero-order chi connectivity index (χ0) is 20.4. The van der Waals surface area contributed by atoms with Crippen molar-refractivity contribution in [3.8, 4) is 0 Å². The van der Waals surface area contributed by atoms with Gasteiger partial charge in [-0.2, -0.15) is 0 Å². The van der Waals surface area contributed by atoms with Crippen LogP contribution in [-0.2, 0) is 9.53 Å². The average Bonchev–Trinajstić information content (AvgIpc) is 3.35. The van der Waals surface area contributed by atoms with Crippen LogP contribution in [0.3, 0.4) is 0 Å². The number of carbonyl (C=O) groups excluding carboxylic acids is 3. The first-order valence-corrected chi connectivity index (χ1v) is 10.3. The lowest BCUT2D eigenvalue weighted by Crippen LogP contribution is -2.43. The molecule has 0 unspecified atom stereocenters. The van der Waals surface area contributed by atoms with E-state index in [4.69, 9.17) is 4.74 Å². The SMILES string of the molecule is C=CCNC(=O)[C@H]1CCCN(c2cccc3c2C(=O)N(C[C@@H]2CCCO2)C3=O)C1. The molecule has 0 aliphatic carbocycles. The van der Waals surface area contributed by atoms with Crippen molar-refractivity contribution in [3.05, 3.63) is 42.0 Å². The molecule has 29 heavy (non-hydrogen) atoms. The smallest absolute Gasteiger partial charge is 0.263 e. The molecule has 0 aromatic heterocycles. The maximum absolute atomic E-state index is 13.1. The Morgan fingerprint density at radius 3 is 2.86 bits per heavy atom. The molecule has 0 spiro atoms. The molecule has 0 saturated carbocycles. The molecular weight excluding hydrogens is 370 g/mol. The van der Waals surface area contributed by atoms with Crippen molar-refractivity contribution in [1.29, 1.82) is 0 Å². The standard InChI is InChI=1S/C22H27N3O4/c1-2-10-23-20(26)15-6-4-11-24(13-15)18-9-3-8-17-19(18)22(28)25(21(17)27)14-16-7-5-12-29-16/h2-3,8-9,15-16H,1,4-7,10-14H2,(H,23,26)/t15-,16-/m0/s1. The van der Waals surface area contributed by atoms with Gasteiger partial charge in [-0.1, -0.05) is 12.1 Å². The molecule has 7 heteroatoms. The predicted octanol–water partition coefficient (Wildman–Crippen LogP) is 1.98. The zero-order valence-corrected chi connectivity index (χ0v) is 16.6. The van der Waals surface area contributed by atoms with E-state index in [2.05, 4.69) is 16.8 Å². The molecule has 3 amide bonds. The van der Waals surface area contributed by atoms with Crippen molar-refractivity contribution in [2.45, 2.75) is 31.8 Å². The minimum absolute atomic E-state index is 0.00425. The molecule has 1 aromatic carbocycles. The van der Waals surface area contributed by atoms with Crippen LogP contribution in [0.15, 0.2) is 30.9 Å². The summed E-state index contributed by atoms with van der Waals surface area (Å²) in [7, 11) is 0. The van der Waals surface area contributed by atoms with Crippen LogP contribution in [0, 0.1) is 5.92 Å². The third kappa shape index (κ3) is 3.79. The average molecular weight is 397 g/mol. The van der Waals surface area contributed by atoms with Gasteiger partial charge in [0.2, 0.25) is 5.91 Å². The summed E-state index contributed by atoms with van der Waals surface area (Å²) >= 11 is 0. The van der Waals surface area contributed by atoms with Crippen LogP contribution in [0.25, 0.3) is 0 Å². The first kappa shape index (κ1) is 19.6. The molecule has 7 nitrogen and oxygen atoms in total. The summed E-state index contributed by atoms with van der Waals surface area (Å²) in [5.41, 5.74) is 1.66. The highest BCUT2D eigenvalue weighted by molar-refractivity contribution is 6.23. The number of anilines is 1. The zero-order valence-electron chi connectivity index (χ0n) is 16.6. The van der Waals surface area contributed by atoms with Gasteiger partial charge in [0.25, 0.3) is 11.8 Å². The number of rotatable bonds is 6. The molecule has 0 radical (unpaired) electrons. The predicted molar refractivity (Wildman–Crippen MR) is 109 cm³/mol. The van der Waals surface area contributed by atoms with Gasteiger partial charge in [-0.15, -0.1) is 6.58 Å². The monoisotopic (exact) mass is 397 g/mol. The number of amides is 3. The van der Waals surface area contributed by atoms with Gasteiger partial charge in [0, 0.05) is 26.2 Å². The van der Waals surface area contributed by atoms with Gasteiger partial charge >= 0.3 is 0 Å². The summed E-state index contributed by atoms with van der Waals surface area (Å²) < 4.78 is 5.62. The maximum Gasteiger partial charge on any atom is 0.263 e. The highest BCUT2D eigenvalue weighted by Gasteiger charge is 2.40. The minimum atomic E-state index is -0.255. The topological polar surface area (TPSA) is 79.0 Å². The third-order valence-corrected chi connectivity index (χ3v) is 5.94. The number of hydrogen-bond acceptors (Lipinski definition) is 5. The van der Waals surface area contributed by atoms with Gasteiger partial charge in [-0.05, 0) is 37.8 Å². The molecule has 3 aliphatic heterocycles. The van der Waals surface area contributed by atoms with Crippen LogP contribution in [0.1, 0.15) is 46.4 Å². The molecule has 1 N–H and O–H groups in total. The Morgan fingerprint density at radius 1 is 1.24 bits per heavy atom. The number of piperidine rings is 1. The largest absolute Gasteiger partial charge is 0.376 e. The van der Waals surface area contributed by atoms with E-state index in [9.17, 15) is 14.4 Å². The molecule has 2 saturated heterocycles. The Morgan fingerprint density at radius 2 is 2.10 bits per heavy atom. The second kappa shape index (κ2) is 8.37.